The van der Waals surface area contributed by atoms with Gasteiger partial charge < -0.3 is 10.2 Å². The number of nitrogen functional groups attached to an aromatic ring is 1. The number of halogens is 1. The van der Waals surface area contributed by atoms with Crippen LogP contribution < -0.4 is 16.0 Å². The van der Waals surface area contributed by atoms with Crippen molar-refractivity contribution in [2.45, 2.75) is 20.3 Å². The number of aryl methyl sites for hydroxylation is 1. The fourth-order valence-electron chi connectivity index (χ4n) is 1.57. The number of benzene rings is 1. The van der Waals surface area contributed by atoms with Crippen LogP contribution in [0.4, 0.5) is 5.82 Å². The molecule has 0 aliphatic carbocycles. The van der Waals surface area contributed by atoms with Gasteiger partial charge in [0.05, 0.1) is 10.0 Å². The third-order valence-electron chi connectivity index (χ3n) is 2.64. The maximum atomic E-state index is 5.83. The maximum Gasteiger partial charge on any atom is 0.227 e. The number of ether oxygens (including phenoxy) is 1. The Morgan fingerprint density at radius 1 is 1.32 bits per heavy atom. The second kappa shape index (κ2) is 5.99. The molecule has 100 valence electrons. The molecule has 0 atom stereocenters. The summed E-state index contributed by atoms with van der Waals surface area (Å²) in [6.45, 7) is 3.84. The number of rotatable bonds is 4. The Hall–Kier alpha value is -1.66. The van der Waals surface area contributed by atoms with E-state index in [1.165, 1.54) is 0 Å². The summed E-state index contributed by atoms with van der Waals surface area (Å²) in [5.74, 6) is 7.93. The van der Waals surface area contributed by atoms with Gasteiger partial charge in [0.15, 0.2) is 0 Å². The van der Waals surface area contributed by atoms with Crippen LogP contribution in [0.2, 0.25) is 0 Å². The predicted molar refractivity (Wildman–Crippen MR) is 78.2 cm³/mol. The van der Waals surface area contributed by atoms with Gasteiger partial charge in [0, 0.05) is 6.42 Å². The minimum Gasteiger partial charge on any atom is -0.437 e. The molecule has 0 saturated carbocycles. The lowest BCUT2D eigenvalue weighted by atomic mass is 10.3. The van der Waals surface area contributed by atoms with Gasteiger partial charge in [-0.2, -0.15) is 4.98 Å². The number of hydrogen-bond acceptors (Lipinski definition) is 5. The quantitative estimate of drug-likeness (QED) is 0.668. The van der Waals surface area contributed by atoms with Crippen LogP contribution in [0.25, 0.3) is 0 Å². The van der Waals surface area contributed by atoms with E-state index in [9.17, 15) is 0 Å². The molecule has 1 aromatic heterocycles. The van der Waals surface area contributed by atoms with Crippen LogP contribution in [0, 0.1) is 6.92 Å². The number of anilines is 1. The van der Waals surface area contributed by atoms with E-state index in [1.807, 2.05) is 38.1 Å². The maximum absolute atomic E-state index is 5.83. The molecule has 3 N–H and O–H groups in total. The monoisotopic (exact) mass is 322 g/mol. The summed E-state index contributed by atoms with van der Waals surface area (Å²) >= 11 is 3.44. The first-order valence-corrected chi connectivity index (χ1v) is 6.71. The zero-order valence-electron chi connectivity index (χ0n) is 10.8. The Morgan fingerprint density at radius 2 is 2.05 bits per heavy atom. The average molecular weight is 323 g/mol. The van der Waals surface area contributed by atoms with Crippen LogP contribution >= 0.6 is 15.9 Å². The van der Waals surface area contributed by atoms with Gasteiger partial charge in [-0.1, -0.05) is 19.1 Å². The van der Waals surface area contributed by atoms with E-state index >= 15 is 0 Å². The number of nitrogens with one attached hydrogen (secondary N) is 1. The number of aromatic nitrogens is 2. The van der Waals surface area contributed by atoms with E-state index < -0.39 is 0 Å². The number of para-hydroxylation sites is 1. The standard InChI is InChI=1S/C13H15BrN4O/c1-3-11-16-12(18-15)8(2)13(17-11)19-10-7-5-4-6-9(10)14/h4-7H,3,15H2,1-2H3,(H,16,17,18). The minimum atomic E-state index is 0.506. The van der Waals surface area contributed by atoms with Gasteiger partial charge in [-0.15, -0.1) is 0 Å². The zero-order valence-corrected chi connectivity index (χ0v) is 12.4. The first-order valence-electron chi connectivity index (χ1n) is 5.92. The fourth-order valence-corrected chi connectivity index (χ4v) is 1.94. The molecule has 2 aromatic rings. The van der Waals surface area contributed by atoms with Crippen molar-refractivity contribution in [3.63, 3.8) is 0 Å². The molecule has 6 heteroatoms. The van der Waals surface area contributed by atoms with Crippen LogP contribution in [0.15, 0.2) is 28.7 Å². The topological polar surface area (TPSA) is 73.1 Å². The molecule has 2 rings (SSSR count). The number of nitrogens with zero attached hydrogens (tertiary/aromatic N) is 2. The molecule has 0 bridgehead atoms. The third kappa shape index (κ3) is 3.02. The SMILES string of the molecule is CCc1nc(NN)c(C)c(Oc2ccccc2Br)n1. The van der Waals surface area contributed by atoms with E-state index in [4.69, 9.17) is 10.6 Å². The van der Waals surface area contributed by atoms with Gasteiger partial charge in [0.1, 0.15) is 17.4 Å². The molecule has 0 unspecified atom stereocenters. The van der Waals surface area contributed by atoms with Crippen molar-refractivity contribution in [1.29, 1.82) is 0 Å². The van der Waals surface area contributed by atoms with Gasteiger partial charge in [-0.25, -0.2) is 10.8 Å². The van der Waals surface area contributed by atoms with E-state index in [-0.39, 0.29) is 0 Å². The molecule has 0 spiro atoms. The molecule has 5 nitrogen and oxygen atoms in total. The molecule has 1 aromatic carbocycles. The van der Waals surface area contributed by atoms with E-state index in [0.717, 1.165) is 10.0 Å². The van der Waals surface area contributed by atoms with Gasteiger partial charge in [-0.3, -0.25) is 0 Å². The van der Waals surface area contributed by atoms with Gasteiger partial charge in [0.2, 0.25) is 5.88 Å². The van der Waals surface area contributed by atoms with Gasteiger partial charge in [-0.05, 0) is 35.0 Å². The smallest absolute Gasteiger partial charge is 0.227 e. The Morgan fingerprint density at radius 3 is 2.68 bits per heavy atom. The molecule has 1 heterocycles. The van der Waals surface area contributed by atoms with Gasteiger partial charge in [0.25, 0.3) is 0 Å². The van der Waals surface area contributed by atoms with Crippen LogP contribution in [0.3, 0.4) is 0 Å². The van der Waals surface area contributed by atoms with Crippen molar-refractivity contribution < 1.29 is 4.74 Å². The lowest BCUT2D eigenvalue weighted by Gasteiger charge is -2.12. The van der Waals surface area contributed by atoms with Crippen molar-refractivity contribution in [3.8, 4) is 11.6 Å². The Kier molecular flexibility index (Phi) is 4.34. The lowest BCUT2D eigenvalue weighted by molar-refractivity contribution is 0.452. The molecule has 19 heavy (non-hydrogen) atoms. The van der Waals surface area contributed by atoms with Crippen LogP contribution in [0.5, 0.6) is 11.6 Å². The highest BCUT2D eigenvalue weighted by Gasteiger charge is 2.12. The van der Waals surface area contributed by atoms with Crippen molar-refractivity contribution in [2.24, 2.45) is 5.84 Å². The third-order valence-corrected chi connectivity index (χ3v) is 3.30. The molecule has 0 fully saturated rings. The molecule has 0 saturated heterocycles. The summed E-state index contributed by atoms with van der Waals surface area (Å²) < 4.78 is 6.70. The second-order valence-corrected chi connectivity index (χ2v) is 4.80. The lowest BCUT2D eigenvalue weighted by Crippen LogP contribution is -2.13. The van der Waals surface area contributed by atoms with Crippen molar-refractivity contribution >= 4 is 21.7 Å². The molecule has 0 radical (unpaired) electrons. The summed E-state index contributed by atoms with van der Waals surface area (Å²) in [6, 6.07) is 7.61. The van der Waals surface area contributed by atoms with E-state index in [1.54, 1.807) is 0 Å². The van der Waals surface area contributed by atoms with E-state index in [2.05, 4.69) is 31.3 Å². The first-order chi connectivity index (χ1) is 9.15. The number of hydrogen-bond donors (Lipinski definition) is 2. The minimum absolute atomic E-state index is 0.506. The summed E-state index contributed by atoms with van der Waals surface area (Å²) in [5, 5.41) is 0. The Labute approximate surface area is 120 Å². The normalized spacial score (nSPS) is 10.3. The van der Waals surface area contributed by atoms with Gasteiger partial charge >= 0.3 is 0 Å². The average Bonchev–Trinajstić information content (AvgIpc) is 2.43. The second-order valence-electron chi connectivity index (χ2n) is 3.95. The Bertz CT molecular complexity index is 589. The highest BCUT2D eigenvalue weighted by Crippen LogP contribution is 2.31. The highest BCUT2D eigenvalue weighted by molar-refractivity contribution is 9.10. The van der Waals surface area contributed by atoms with Crippen LogP contribution in [-0.2, 0) is 6.42 Å². The highest BCUT2D eigenvalue weighted by atomic mass is 79.9. The summed E-state index contributed by atoms with van der Waals surface area (Å²) in [6.07, 6.45) is 0.710. The largest absolute Gasteiger partial charge is 0.437 e. The van der Waals surface area contributed by atoms with Crippen LogP contribution in [-0.4, -0.2) is 9.97 Å². The molecule has 0 aliphatic rings. The van der Waals surface area contributed by atoms with E-state index in [0.29, 0.717) is 29.7 Å². The number of nitrogens with two attached hydrogens (primary N) is 1. The Balaban J connectivity index is 2.42. The summed E-state index contributed by atoms with van der Waals surface area (Å²) in [4.78, 5) is 8.68. The molecule has 0 aliphatic heterocycles. The van der Waals surface area contributed by atoms with Crippen LogP contribution in [0.1, 0.15) is 18.3 Å². The first kappa shape index (κ1) is 13.8. The van der Waals surface area contributed by atoms with Crippen molar-refractivity contribution in [1.82, 2.24) is 9.97 Å². The molecule has 0 amide bonds. The fraction of sp³-hybridized carbons (Fsp3) is 0.231. The molecular weight excluding hydrogens is 308 g/mol. The summed E-state index contributed by atoms with van der Waals surface area (Å²) in [7, 11) is 0. The summed E-state index contributed by atoms with van der Waals surface area (Å²) in [5.41, 5.74) is 3.34. The van der Waals surface area contributed by atoms with Crippen molar-refractivity contribution in [3.05, 3.63) is 40.1 Å². The predicted octanol–water partition coefficient (Wildman–Crippen LogP) is 3.19. The zero-order chi connectivity index (χ0) is 13.8. The molecular formula is C13H15BrN4O. The van der Waals surface area contributed by atoms with Crippen molar-refractivity contribution in [2.75, 3.05) is 5.43 Å². The number of hydrazine groups is 1.